The van der Waals surface area contributed by atoms with Gasteiger partial charge in [-0.1, -0.05) is 0 Å². The smallest absolute Gasteiger partial charge is 0.493 e. The van der Waals surface area contributed by atoms with Crippen LogP contribution in [-0.4, -0.2) is 30.9 Å². The van der Waals surface area contributed by atoms with Gasteiger partial charge in [0.05, 0.1) is 24.7 Å². The molecular weight excluding hydrogens is 385 g/mol. The van der Waals surface area contributed by atoms with Gasteiger partial charge in [0.1, 0.15) is 11.3 Å². The Morgan fingerprint density at radius 3 is 2.32 bits per heavy atom. The highest BCUT2D eigenvalue weighted by molar-refractivity contribution is 6.07. The van der Waals surface area contributed by atoms with Gasteiger partial charge in [-0.3, -0.25) is 14.9 Å². The normalized spacial score (nSPS) is 10.9. The summed E-state index contributed by atoms with van der Waals surface area (Å²) in [5, 5.41) is 13.7. The minimum Gasteiger partial charge on any atom is -0.493 e. The number of halogens is 3. The highest BCUT2D eigenvalue weighted by Gasteiger charge is 2.31. The lowest BCUT2D eigenvalue weighted by molar-refractivity contribution is -0.385. The first-order valence-electron chi connectivity index (χ1n) is 7.81. The number of benzene rings is 2. The Labute approximate surface area is 157 Å². The molecule has 0 fully saturated rings. The molecule has 150 valence electrons. The van der Waals surface area contributed by atoms with Gasteiger partial charge in [0, 0.05) is 11.8 Å². The molecule has 11 heteroatoms. The topological polar surface area (TPSA) is 99.9 Å². The van der Waals surface area contributed by atoms with Crippen molar-refractivity contribution in [2.45, 2.75) is 13.3 Å². The molecule has 1 N–H and O–H groups in total. The Hall–Kier alpha value is -3.50. The van der Waals surface area contributed by atoms with E-state index in [1.807, 2.05) is 0 Å². The Bertz CT molecular complexity index is 868. The maximum atomic E-state index is 12.5. The average Bonchev–Trinajstić information content (AvgIpc) is 2.62. The number of hydrogen-bond acceptors (Lipinski definition) is 6. The maximum absolute atomic E-state index is 12.5. The zero-order valence-electron chi connectivity index (χ0n) is 14.7. The van der Waals surface area contributed by atoms with Crippen molar-refractivity contribution in [2.24, 2.45) is 0 Å². The van der Waals surface area contributed by atoms with Crippen molar-refractivity contribution in [1.29, 1.82) is 0 Å². The predicted octanol–water partition coefficient (Wildman–Crippen LogP) is 4.15. The van der Waals surface area contributed by atoms with E-state index in [9.17, 15) is 28.1 Å². The molecule has 0 saturated carbocycles. The number of nitrogens with zero attached hydrogens (tertiary/aromatic N) is 1. The molecule has 0 heterocycles. The van der Waals surface area contributed by atoms with E-state index in [2.05, 4.69) is 10.1 Å². The summed E-state index contributed by atoms with van der Waals surface area (Å²) in [5.74, 6) is -1.11. The number of carbonyl (C=O) groups excluding carboxylic acids is 1. The largest absolute Gasteiger partial charge is 0.573 e. The molecule has 0 aliphatic heterocycles. The van der Waals surface area contributed by atoms with Crippen LogP contribution >= 0.6 is 0 Å². The third kappa shape index (κ3) is 5.25. The fraction of sp³-hybridized carbons (Fsp3) is 0.235. The van der Waals surface area contributed by atoms with Gasteiger partial charge >= 0.3 is 6.36 Å². The van der Waals surface area contributed by atoms with Crippen LogP contribution in [0.2, 0.25) is 0 Å². The second-order valence-electron chi connectivity index (χ2n) is 5.24. The number of carbonyl (C=O) groups is 1. The molecule has 0 saturated heterocycles. The second kappa shape index (κ2) is 8.46. The highest BCUT2D eigenvalue weighted by Crippen LogP contribution is 2.35. The Kier molecular flexibility index (Phi) is 6.29. The van der Waals surface area contributed by atoms with Gasteiger partial charge in [0.25, 0.3) is 11.6 Å². The van der Waals surface area contributed by atoms with Crippen molar-refractivity contribution < 1.29 is 37.1 Å². The number of amides is 1. The van der Waals surface area contributed by atoms with Gasteiger partial charge < -0.3 is 19.5 Å². The zero-order valence-corrected chi connectivity index (χ0v) is 14.7. The number of ether oxygens (including phenoxy) is 3. The van der Waals surface area contributed by atoms with Crippen LogP contribution in [0.25, 0.3) is 0 Å². The molecular formula is C17H15F3N2O6. The van der Waals surface area contributed by atoms with Crippen molar-refractivity contribution in [3.05, 3.63) is 52.1 Å². The van der Waals surface area contributed by atoms with E-state index in [1.165, 1.54) is 7.11 Å². The number of nitro benzene ring substituents is 1. The number of rotatable bonds is 7. The summed E-state index contributed by atoms with van der Waals surface area (Å²) < 4.78 is 50.6. The fourth-order valence-corrected chi connectivity index (χ4v) is 2.25. The Morgan fingerprint density at radius 2 is 1.82 bits per heavy atom. The van der Waals surface area contributed by atoms with E-state index in [0.29, 0.717) is 0 Å². The van der Waals surface area contributed by atoms with Crippen molar-refractivity contribution in [2.75, 3.05) is 19.0 Å². The van der Waals surface area contributed by atoms with Gasteiger partial charge in [-0.25, -0.2) is 0 Å². The van der Waals surface area contributed by atoms with Gasteiger partial charge in [-0.15, -0.1) is 13.2 Å². The molecule has 1 amide bonds. The third-order valence-corrected chi connectivity index (χ3v) is 3.37. The number of anilines is 1. The van der Waals surface area contributed by atoms with Crippen LogP contribution in [0.4, 0.5) is 24.5 Å². The fourth-order valence-electron chi connectivity index (χ4n) is 2.25. The van der Waals surface area contributed by atoms with Crippen LogP contribution in [0.3, 0.4) is 0 Å². The Morgan fingerprint density at radius 1 is 1.18 bits per heavy atom. The summed E-state index contributed by atoms with van der Waals surface area (Å²) in [4.78, 5) is 23.0. The van der Waals surface area contributed by atoms with E-state index in [4.69, 9.17) is 9.47 Å². The van der Waals surface area contributed by atoms with Gasteiger partial charge in [-0.05, 0) is 31.2 Å². The number of alkyl halides is 3. The monoisotopic (exact) mass is 400 g/mol. The lowest BCUT2D eigenvalue weighted by Crippen LogP contribution is -2.17. The minimum atomic E-state index is -4.84. The highest BCUT2D eigenvalue weighted by atomic mass is 19.4. The molecule has 28 heavy (non-hydrogen) atoms. The van der Waals surface area contributed by atoms with Gasteiger partial charge in [0.2, 0.25) is 0 Å². The molecule has 2 aromatic carbocycles. The summed E-state index contributed by atoms with van der Waals surface area (Å²) in [7, 11) is 1.31. The van der Waals surface area contributed by atoms with E-state index >= 15 is 0 Å². The molecule has 0 aromatic heterocycles. The molecule has 0 aliphatic carbocycles. The zero-order chi connectivity index (χ0) is 20.9. The predicted molar refractivity (Wildman–Crippen MR) is 91.9 cm³/mol. The number of hydrogen-bond donors (Lipinski definition) is 1. The summed E-state index contributed by atoms with van der Waals surface area (Å²) >= 11 is 0. The second-order valence-corrected chi connectivity index (χ2v) is 5.24. The first-order chi connectivity index (χ1) is 13.1. The first-order valence-corrected chi connectivity index (χ1v) is 7.81. The molecule has 8 nitrogen and oxygen atoms in total. The molecule has 0 bridgehead atoms. The van der Waals surface area contributed by atoms with E-state index in [1.54, 1.807) is 6.92 Å². The summed E-state index contributed by atoms with van der Waals surface area (Å²) in [5.41, 5.74) is -0.707. The standard InChI is InChI=1S/C17H15F3N2O6/c1-3-27-15-9-13(22(24)25)12(8-14(15)26-2)16(23)21-10-4-6-11(7-5-10)28-17(18,19)20/h4-9H,3H2,1-2H3,(H,21,23). The lowest BCUT2D eigenvalue weighted by Gasteiger charge is -2.12. The molecule has 0 aliphatic rings. The van der Waals surface area contributed by atoms with E-state index in [-0.39, 0.29) is 29.4 Å². The van der Waals surface area contributed by atoms with Crippen molar-refractivity contribution in [3.63, 3.8) is 0 Å². The van der Waals surface area contributed by atoms with Crippen LogP contribution < -0.4 is 19.5 Å². The van der Waals surface area contributed by atoms with Crippen LogP contribution in [0.5, 0.6) is 17.2 Å². The minimum absolute atomic E-state index is 0.0990. The average molecular weight is 400 g/mol. The quantitative estimate of drug-likeness (QED) is 0.554. The van der Waals surface area contributed by atoms with E-state index < -0.39 is 28.6 Å². The molecule has 0 atom stereocenters. The maximum Gasteiger partial charge on any atom is 0.573 e. The summed E-state index contributed by atoms with van der Waals surface area (Å²) in [6.07, 6.45) is -4.84. The van der Waals surface area contributed by atoms with Crippen LogP contribution in [-0.2, 0) is 0 Å². The lowest BCUT2D eigenvalue weighted by atomic mass is 10.1. The molecule has 0 radical (unpaired) electrons. The summed E-state index contributed by atoms with van der Waals surface area (Å²) in [6, 6.07) is 6.54. The van der Waals surface area contributed by atoms with Crippen LogP contribution in [0, 0.1) is 10.1 Å². The molecule has 2 aromatic rings. The molecule has 0 spiro atoms. The van der Waals surface area contributed by atoms with Crippen LogP contribution in [0.1, 0.15) is 17.3 Å². The number of nitrogens with one attached hydrogen (secondary N) is 1. The number of nitro groups is 1. The van der Waals surface area contributed by atoms with Crippen LogP contribution in [0.15, 0.2) is 36.4 Å². The molecule has 2 rings (SSSR count). The van der Waals surface area contributed by atoms with Gasteiger partial charge in [0.15, 0.2) is 11.5 Å². The SMILES string of the molecule is CCOc1cc([N+](=O)[O-])c(C(=O)Nc2ccc(OC(F)(F)F)cc2)cc1OC. The first kappa shape index (κ1) is 20.8. The van der Waals surface area contributed by atoms with Crippen molar-refractivity contribution in [3.8, 4) is 17.2 Å². The third-order valence-electron chi connectivity index (χ3n) is 3.37. The van der Waals surface area contributed by atoms with Crippen molar-refractivity contribution in [1.82, 2.24) is 0 Å². The van der Waals surface area contributed by atoms with Gasteiger partial charge in [-0.2, -0.15) is 0 Å². The summed E-state index contributed by atoms with van der Waals surface area (Å²) in [6.45, 7) is 1.91. The molecule has 0 unspecified atom stereocenters. The van der Waals surface area contributed by atoms with E-state index in [0.717, 1.165) is 36.4 Å². The van der Waals surface area contributed by atoms with Crippen molar-refractivity contribution >= 4 is 17.3 Å². The number of methoxy groups -OCH3 is 1. The Balaban J connectivity index is 2.29.